The van der Waals surface area contributed by atoms with Gasteiger partial charge in [-0.15, -0.1) is 0 Å². The Morgan fingerprint density at radius 3 is 2.39 bits per heavy atom. The Labute approximate surface area is 239 Å². The number of nitrogens with one attached hydrogen (secondary N) is 1. The molecule has 41 heavy (non-hydrogen) atoms. The molecule has 2 aliphatic heterocycles. The zero-order valence-corrected chi connectivity index (χ0v) is 23.0. The quantitative estimate of drug-likeness (QED) is 0.406. The number of benzene rings is 3. The first-order chi connectivity index (χ1) is 20.0. The van der Waals surface area contributed by atoms with Gasteiger partial charge in [-0.1, -0.05) is 79.7 Å². The summed E-state index contributed by atoms with van der Waals surface area (Å²) in [5.74, 6) is -0.783. The average molecular weight is 560 g/mol. The van der Waals surface area contributed by atoms with Crippen molar-refractivity contribution >= 4 is 17.8 Å². The highest BCUT2D eigenvalue weighted by molar-refractivity contribution is 5.92. The summed E-state index contributed by atoms with van der Waals surface area (Å²) in [5, 5.41) is 6.28. The summed E-state index contributed by atoms with van der Waals surface area (Å²) >= 11 is 0. The Bertz CT molecular complexity index is 1360. The fourth-order valence-corrected chi connectivity index (χ4v) is 5.36. The average Bonchev–Trinajstić information content (AvgIpc) is 2.99. The predicted octanol–water partition coefficient (Wildman–Crippen LogP) is 3.54. The van der Waals surface area contributed by atoms with Crippen molar-refractivity contribution in [2.45, 2.75) is 32.3 Å². The number of amides is 4. The van der Waals surface area contributed by atoms with Crippen molar-refractivity contribution < 1.29 is 23.5 Å². The molecule has 3 aromatic rings. The van der Waals surface area contributed by atoms with Crippen molar-refractivity contribution in [3.05, 3.63) is 107 Å². The number of halogens is 1. The third kappa shape index (κ3) is 6.39. The van der Waals surface area contributed by atoms with E-state index >= 15 is 0 Å². The highest BCUT2D eigenvalue weighted by Crippen LogP contribution is 2.34. The van der Waals surface area contributed by atoms with E-state index in [1.165, 1.54) is 12.1 Å². The second-order valence-electron chi connectivity index (χ2n) is 10.0. The molecule has 3 aromatic carbocycles. The van der Waals surface area contributed by atoms with Gasteiger partial charge < -0.3 is 19.9 Å². The summed E-state index contributed by atoms with van der Waals surface area (Å²) in [6, 6.07) is 23.7. The summed E-state index contributed by atoms with van der Waals surface area (Å²) in [4.78, 5) is 44.2. The number of urea groups is 1. The molecule has 4 amide bonds. The zero-order chi connectivity index (χ0) is 28.8. The van der Waals surface area contributed by atoms with Gasteiger partial charge in [0, 0.05) is 19.6 Å². The van der Waals surface area contributed by atoms with Gasteiger partial charge in [0.2, 0.25) is 11.8 Å². The molecule has 2 saturated heterocycles. The summed E-state index contributed by atoms with van der Waals surface area (Å²) < 4.78 is 19.3. The third-order valence-corrected chi connectivity index (χ3v) is 7.36. The Kier molecular flexibility index (Phi) is 8.91. The molecule has 9 nitrogen and oxygen atoms in total. The van der Waals surface area contributed by atoms with Gasteiger partial charge in [0.15, 0.2) is 0 Å². The number of hydrogen-bond donors (Lipinski definition) is 1. The van der Waals surface area contributed by atoms with Crippen LogP contribution in [0.25, 0.3) is 0 Å². The van der Waals surface area contributed by atoms with E-state index in [0.717, 1.165) is 5.56 Å². The van der Waals surface area contributed by atoms with E-state index in [-0.39, 0.29) is 56.5 Å². The van der Waals surface area contributed by atoms with Crippen LogP contribution in [0.5, 0.6) is 0 Å². The lowest BCUT2D eigenvalue weighted by atomic mass is 9.99. The lowest BCUT2D eigenvalue weighted by Gasteiger charge is -2.55. The molecule has 0 aromatic heterocycles. The van der Waals surface area contributed by atoms with Crippen molar-refractivity contribution in [2.24, 2.45) is 0 Å². The minimum Gasteiger partial charge on any atom is -0.375 e. The Hall–Kier alpha value is -4.28. The summed E-state index contributed by atoms with van der Waals surface area (Å²) in [6.07, 6.45) is -0.710. The number of likely N-dealkylation sites (N-methyl/N-ethyl adjacent to an activating group) is 1. The number of piperazine rings is 1. The minimum absolute atomic E-state index is 0.0148. The van der Waals surface area contributed by atoms with E-state index in [1.54, 1.807) is 32.0 Å². The number of fused-ring (bicyclic) bond motifs is 1. The Morgan fingerprint density at radius 1 is 0.976 bits per heavy atom. The van der Waals surface area contributed by atoms with Gasteiger partial charge in [-0.05, 0) is 28.8 Å². The zero-order valence-electron chi connectivity index (χ0n) is 23.0. The summed E-state index contributed by atoms with van der Waals surface area (Å²) in [6.45, 7) is 3.44. The molecule has 2 fully saturated rings. The van der Waals surface area contributed by atoms with Crippen LogP contribution in [0.4, 0.5) is 9.18 Å². The lowest BCUT2D eigenvalue weighted by Crippen LogP contribution is -2.74. The van der Waals surface area contributed by atoms with Gasteiger partial charge in [-0.3, -0.25) is 9.59 Å². The summed E-state index contributed by atoms with van der Waals surface area (Å²) in [7, 11) is 0. The van der Waals surface area contributed by atoms with Crippen molar-refractivity contribution in [1.29, 1.82) is 0 Å². The molecule has 0 bridgehead atoms. The first-order valence-electron chi connectivity index (χ1n) is 13.8. The van der Waals surface area contributed by atoms with Gasteiger partial charge in [0.1, 0.15) is 18.0 Å². The SMILES string of the molecule is CCN1CC(=O)N2[C@@H](c3ccccc3)C(=O)N(CCOCc3cccc(F)c3)C[C@@H]2N1C(=O)NCc1ccccc1. The van der Waals surface area contributed by atoms with Crippen LogP contribution in [0.3, 0.4) is 0 Å². The molecule has 5 rings (SSSR count). The Balaban J connectivity index is 1.38. The lowest BCUT2D eigenvalue weighted by molar-refractivity contribution is -0.191. The minimum atomic E-state index is -0.880. The van der Waals surface area contributed by atoms with Gasteiger partial charge >= 0.3 is 6.03 Å². The molecule has 0 aliphatic carbocycles. The fourth-order valence-electron chi connectivity index (χ4n) is 5.36. The molecule has 2 aliphatic rings. The van der Waals surface area contributed by atoms with E-state index < -0.39 is 12.2 Å². The van der Waals surface area contributed by atoms with Crippen LogP contribution in [0, 0.1) is 5.82 Å². The number of nitrogens with zero attached hydrogens (tertiary/aromatic N) is 4. The summed E-state index contributed by atoms with van der Waals surface area (Å²) in [5.41, 5.74) is 2.32. The van der Waals surface area contributed by atoms with Crippen LogP contribution >= 0.6 is 0 Å². The number of ether oxygens (including phenoxy) is 1. The smallest absolute Gasteiger partial charge is 0.334 e. The van der Waals surface area contributed by atoms with Gasteiger partial charge in [0.05, 0.1) is 26.3 Å². The van der Waals surface area contributed by atoms with Gasteiger partial charge in [0.25, 0.3) is 0 Å². The standard InChI is InChI=1S/C31H34FN5O4/c1-2-35-21-28(38)36-27(37(35)31(40)33-19-23-10-5-3-6-11-23)20-34(30(39)29(36)25-13-7-4-8-14-25)16-17-41-22-24-12-9-15-26(32)18-24/h3-15,18,27,29H,2,16-17,19-22H2,1H3,(H,33,40)/t27-,29-/m0/s1. The number of carbonyl (C=O) groups is 3. The van der Waals surface area contributed by atoms with Crippen LogP contribution in [0.1, 0.15) is 29.7 Å². The Morgan fingerprint density at radius 2 is 1.68 bits per heavy atom. The highest BCUT2D eigenvalue weighted by Gasteiger charge is 2.51. The number of carbonyl (C=O) groups excluding carboxylic acids is 3. The second kappa shape index (κ2) is 12.9. The number of rotatable bonds is 9. The van der Waals surface area contributed by atoms with Gasteiger partial charge in [-0.2, -0.15) is 0 Å². The largest absolute Gasteiger partial charge is 0.375 e. The molecule has 2 atom stereocenters. The van der Waals surface area contributed by atoms with Crippen LogP contribution in [0.2, 0.25) is 0 Å². The number of hydrazine groups is 1. The normalized spacial score (nSPS) is 19.3. The fraction of sp³-hybridized carbons (Fsp3) is 0.323. The number of hydrogen-bond acceptors (Lipinski definition) is 5. The van der Waals surface area contributed by atoms with E-state index in [9.17, 15) is 18.8 Å². The van der Waals surface area contributed by atoms with Crippen LogP contribution in [-0.2, 0) is 27.5 Å². The molecule has 2 heterocycles. The first-order valence-corrected chi connectivity index (χ1v) is 13.8. The van der Waals surface area contributed by atoms with Crippen molar-refractivity contribution in [2.75, 3.05) is 32.8 Å². The molecule has 1 N–H and O–H groups in total. The molecule has 0 radical (unpaired) electrons. The van der Waals surface area contributed by atoms with Gasteiger partial charge in [-0.25, -0.2) is 19.2 Å². The van der Waals surface area contributed by atoms with E-state index in [0.29, 0.717) is 24.2 Å². The topological polar surface area (TPSA) is 85.4 Å². The second-order valence-corrected chi connectivity index (χ2v) is 10.0. The van der Waals surface area contributed by atoms with Crippen molar-refractivity contribution in [1.82, 2.24) is 25.1 Å². The maximum Gasteiger partial charge on any atom is 0.334 e. The molecule has 10 heteroatoms. The molecular weight excluding hydrogens is 525 g/mol. The van der Waals surface area contributed by atoms with Crippen LogP contribution < -0.4 is 5.32 Å². The highest BCUT2D eigenvalue weighted by atomic mass is 19.1. The van der Waals surface area contributed by atoms with Crippen LogP contribution in [0.15, 0.2) is 84.9 Å². The third-order valence-electron chi connectivity index (χ3n) is 7.36. The molecular formula is C31H34FN5O4. The first kappa shape index (κ1) is 28.3. The van der Waals surface area contributed by atoms with E-state index in [1.807, 2.05) is 67.6 Å². The molecule has 0 saturated carbocycles. The van der Waals surface area contributed by atoms with Crippen LogP contribution in [-0.4, -0.2) is 76.6 Å². The van der Waals surface area contributed by atoms with Crippen molar-refractivity contribution in [3.63, 3.8) is 0 Å². The van der Waals surface area contributed by atoms with Crippen molar-refractivity contribution in [3.8, 4) is 0 Å². The maximum atomic E-state index is 13.9. The monoisotopic (exact) mass is 559 g/mol. The van der Waals surface area contributed by atoms with E-state index in [4.69, 9.17) is 4.74 Å². The molecule has 0 unspecified atom stereocenters. The maximum absolute atomic E-state index is 13.9. The predicted molar refractivity (Wildman–Crippen MR) is 150 cm³/mol. The molecule has 0 spiro atoms. The molecule has 214 valence electrons. The van der Waals surface area contributed by atoms with E-state index in [2.05, 4.69) is 5.32 Å².